The Hall–Kier alpha value is -4.68. The first kappa shape index (κ1) is 33.7. The Labute approximate surface area is 277 Å². The lowest BCUT2D eigenvalue weighted by atomic mass is 10.1. The number of carbonyl (C=O) groups is 2. The van der Waals surface area contributed by atoms with Crippen LogP contribution < -0.4 is 25.8 Å². The van der Waals surface area contributed by atoms with Gasteiger partial charge in [0.05, 0.1) is 23.6 Å². The first-order valence-electron chi connectivity index (χ1n) is 15.9. The van der Waals surface area contributed by atoms with E-state index in [9.17, 15) is 18.6 Å². The molecule has 3 N–H and O–H groups in total. The Morgan fingerprint density at radius 1 is 0.979 bits per heavy atom. The average molecular weight is 659 g/mol. The first-order chi connectivity index (χ1) is 22.8. The van der Waals surface area contributed by atoms with Gasteiger partial charge in [-0.05, 0) is 50.1 Å². The molecule has 0 spiro atoms. The van der Waals surface area contributed by atoms with Crippen molar-refractivity contribution in [1.29, 1.82) is 0 Å². The highest BCUT2D eigenvalue weighted by Crippen LogP contribution is 2.31. The number of benzene rings is 3. The Kier molecular flexibility index (Phi) is 11.3. The predicted molar refractivity (Wildman–Crippen MR) is 185 cm³/mol. The minimum Gasteiger partial charge on any atom is -0.484 e. The molecule has 3 aromatic carbocycles. The van der Waals surface area contributed by atoms with E-state index >= 15 is 0 Å². The molecule has 1 aromatic heterocycles. The molecule has 1 fully saturated rings. The van der Waals surface area contributed by atoms with Crippen molar-refractivity contribution in [3.63, 3.8) is 0 Å². The van der Waals surface area contributed by atoms with Gasteiger partial charge >= 0.3 is 5.69 Å². The Morgan fingerprint density at radius 3 is 2.43 bits per heavy atom. The van der Waals surface area contributed by atoms with E-state index in [2.05, 4.69) is 15.4 Å². The van der Waals surface area contributed by atoms with Crippen LogP contribution in [0.25, 0.3) is 16.9 Å². The third-order valence-corrected chi connectivity index (χ3v) is 8.84. The fraction of sp³-hybridized carbons (Fsp3) is 0.343. The highest BCUT2D eigenvalue weighted by atomic mass is 32.2. The lowest BCUT2D eigenvalue weighted by Gasteiger charge is -2.28. The normalized spacial score (nSPS) is 13.7. The molecule has 4 aromatic rings. The fourth-order valence-corrected chi connectivity index (χ4v) is 6.45. The molecular formula is C35H42N6O5S. The molecule has 248 valence electrons. The van der Waals surface area contributed by atoms with Gasteiger partial charge in [-0.3, -0.25) is 18.7 Å². The Morgan fingerprint density at radius 2 is 1.70 bits per heavy atom. The van der Waals surface area contributed by atoms with E-state index in [0.29, 0.717) is 60.3 Å². The summed E-state index contributed by atoms with van der Waals surface area (Å²) < 4.78 is 24.8. The van der Waals surface area contributed by atoms with Crippen molar-refractivity contribution >= 4 is 28.5 Å². The fourth-order valence-electron chi connectivity index (χ4n) is 5.55. The van der Waals surface area contributed by atoms with Crippen LogP contribution in [0.3, 0.4) is 0 Å². The molecule has 2 heterocycles. The van der Waals surface area contributed by atoms with Gasteiger partial charge in [-0.2, -0.15) is 0 Å². The van der Waals surface area contributed by atoms with Gasteiger partial charge in [-0.15, -0.1) is 0 Å². The van der Waals surface area contributed by atoms with Crippen molar-refractivity contribution in [2.45, 2.75) is 39.8 Å². The first-order valence-corrected chi connectivity index (χ1v) is 17.2. The summed E-state index contributed by atoms with van der Waals surface area (Å²) in [6.45, 7) is 7.95. The monoisotopic (exact) mass is 658 g/mol. The zero-order valence-corrected chi connectivity index (χ0v) is 27.8. The molecule has 12 heteroatoms. The number of nitrogens with zero attached hydrogens (tertiary/aromatic N) is 3. The van der Waals surface area contributed by atoms with E-state index in [-0.39, 0.29) is 36.7 Å². The summed E-state index contributed by atoms with van der Waals surface area (Å²) >= 11 is 0. The molecule has 2 amide bonds. The molecule has 0 radical (unpaired) electrons. The number of imidazole rings is 1. The maximum absolute atomic E-state index is 14.7. The van der Waals surface area contributed by atoms with Crippen molar-refractivity contribution in [2.75, 3.05) is 43.3 Å². The van der Waals surface area contributed by atoms with Crippen molar-refractivity contribution < 1.29 is 18.5 Å². The maximum atomic E-state index is 14.7. The number of hydrogen-bond donors (Lipinski definition) is 3. The van der Waals surface area contributed by atoms with Crippen LogP contribution in [-0.2, 0) is 22.3 Å². The number of piperazine rings is 1. The van der Waals surface area contributed by atoms with Gasteiger partial charge in [0.25, 0.3) is 11.8 Å². The zero-order valence-electron chi connectivity index (χ0n) is 27.0. The Balaban J connectivity index is 1.66. The standard InChI is InChI=1S/C35H42N6O5S/c1-4-21-47(45)38-29-15-8-9-16-30(29)41-32(27-12-6-5-7-13-27)33(34(43)39-19-17-36-18-20-39)40(35(41)44)23-26-11-10-14-28(22-26)46-24-31(42)37-25(2)3/h5-16,22,25,36,38H,4,17-21,23-24H2,1-3H3,(H,37,42). The minimum absolute atomic E-state index is 0.00855. The molecule has 1 saturated heterocycles. The van der Waals surface area contributed by atoms with Gasteiger partial charge in [-0.1, -0.05) is 61.5 Å². The van der Waals surface area contributed by atoms with Crippen LogP contribution in [0.15, 0.2) is 83.7 Å². The van der Waals surface area contributed by atoms with Gasteiger partial charge in [0.15, 0.2) is 6.61 Å². The number of carbonyl (C=O) groups excluding carboxylic acids is 2. The molecule has 1 atom stereocenters. The molecule has 47 heavy (non-hydrogen) atoms. The summed E-state index contributed by atoms with van der Waals surface area (Å²) in [5, 5.41) is 6.10. The van der Waals surface area contributed by atoms with Gasteiger partial charge < -0.3 is 25.0 Å². The molecular weight excluding hydrogens is 616 g/mol. The van der Waals surface area contributed by atoms with Crippen LogP contribution in [0, 0.1) is 0 Å². The summed E-state index contributed by atoms with van der Waals surface area (Å²) in [6.07, 6.45) is 0.724. The number of nitrogens with one attached hydrogen (secondary N) is 3. The van der Waals surface area contributed by atoms with Gasteiger partial charge in [0.1, 0.15) is 22.4 Å². The molecule has 0 aliphatic carbocycles. The third kappa shape index (κ3) is 8.19. The quantitative estimate of drug-likeness (QED) is 0.201. The smallest absolute Gasteiger partial charge is 0.334 e. The van der Waals surface area contributed by atoms with Gasteiger partial charge in [0.2, 0.25) is 0 Å². The molecule has 1 unspecified atom stereocenters. The molecule has 0 bridgehead atoms. The number of anilines is 1. The molecule has 1 aliphatic heterocycles. The van der Waals surface area contributed by atoms with E-state index < -0.39 is 16.7 Å². The number of para-hydroxylation sites is 2. The third-order valence-electron chi connectivity index (χ3n) is 7.61. The summed E-state index contributed by atoms with van der Waals surface area (Å²) in [4.78, 5) is 43.1. The van der Waals surface area contributed by atoms with Crippen LogP contribution >= 0.6 is 0 Å². The van der Waals surface area contributed by atoms with Crippen LogP contribution in [0.5, 0.6) is 5.75 Å². The van der Waals surface area contributed by atoms with E-state index in [1.807, 2.05) is 69.3 Å². The van der Waals surface area contributed by atoms with E-state index in [0.717, 1.165) is 12.0 Å². The predicted octanol–water partition coefficient (Wildman–Crippen LogP) is 3.79. The van der Waals surface area contributed by atoms with E-state index in [1.54, 1.807) is 39.8 Å². The average Bonchev–Trinajstić information content (AvgIpc) is 3.35. The van der Waals surface area contributed by atoms with Crippen LogP contribution in [0.4, 0.5) is 5.69 Å². The SMILES string of the molecule is CCCS(=O)Nc1ccccc1-n1c(-c2ccccc2)c(C(=O)N2CCNCC2)n(Cc2cccc(OCC(=O)NC(C)C)c2)c1=O. The maximum Gasteiger partial charge on any atom is 0.334 e. The number of ether oxygens (including phenoxy) is 1. The highest BCUT2D eigenvalue weighted by Gasteiger charge is 2.31. The number of hydrogen-bond acceptors (Lipinski definition) is 6. The number of amides is 2. The molecule has 0 saturated carbocycles. The van der Waals surface area contributed by atoms with Gasteiger partial charge in [0, 0.05) is 43.5 Å². The summed E-state index contributed by atoms with van der Waals surface area (Å²) in [6, 6.07) is 23.8. The lowest BCUT2D eigenvalue weighted by molar-refractivity contribution is -0.123. The second kappa shape index (κ2) is 15.7. The zero-order chi connectivity index (χ0) is 33.3. The lowest BCUT2D eigenvalue weighted by Crippen LogP contribution is -2.47. The summed E-state index contributed by atoms with van der Waals surface area (Å²) in [5.41, 5.74) is 2.72. The topological polar surface area (TPSA) is 127 Å². The van der Waals surface area contributed by atoms with Crippen molar-refractivity contribution in [2.24, 2.45) is 0 Å². The Bertz CT molecular complexity index is 1780. The van der Waals surface area contributed by atoms with Crippen LogP contribution in [0.1, 0.15) is 43.2 Å². The van der Waals surface area contributed by atoms with E-state index in [4.69, 9.17) is 4.74 Å². The number of rotatable bonds is 13. The van der Waals surface area contributed by atoms with Crippen LogP contribution in [-0.4, -0.2) is 74.6 Å². The minimum atomic E-state index is -1.36. The second-order valence-corrected chi connectivity index (χ2v) is 12.9. The largest absolute Gasteiger partial charge is 0.484 e. The van der Waals surface area contributed by atoms with Crippen molar-refractivity contribution in [3.05, 3.63) is 101 Å². The molecule has 11 nitrogen and oxygen atoms in total. The molecule has 5 rings (SSSR count). The highest BCUT2D eigenvalue weighted by molar-refractivity contribution is 7.86. The van der Waals surface area contributed by atoms with Crippen LogP contribution in [0.2, 0.25) is 0 Å². The summed E-state index contributed by atoms with van der Waals surface area (Å²) in [5.74, 6) is 0.432. The summed E-state index contributed by atoms with van der Waals surface area (Å²) in [7, 11) is -1.36. The van der Waals surface area contributed by atoms with Crippen molar-refractivity contribution in [1.82, 2.24) is 24.7 Å². The number of aromatic nitrogens is 2. The second-order valence-electron chi connectivity index (χ2n) is 11.6. The molecule has 1 aliphatic rings. The van der Waals surface area contributed by atoms with E-state index in [1.165, 1.54) is 4.57 Å². The van der Waals surface area contributed by atoms with Crippen molar-refractivity contribution in [3.8, 4) is 22.7 Å². The van der Waals surface area contributed by atoms with Gasteiger partial charge in [-0.25, -0.2) is 9.00 Å².